The zero-order valence-corrected chi connectivity index (χ0v) is 22.9. The molecule has 0 radical (unpaired) electrons. The number of amidine groups is 2. The molecule has 0 atom stereocenters. The molecule has 216 valence electrons. The number of nitrogens with one attached hydrogen (secondary N) is 2. The van der Waals surface area contributed by atoms with Crippen molar-refractivity contribution in [3.63, 3.8) is 0 Å². The zero-order valence-electron chi connectivity index (χ0n) is 22.9. The fraction of sp³-hybridized carbons (Fsp3) is 0.385. The molecule has 0 fully saturated rings. The maximum absolute atomic E-state index is 6.18. The third-order valence-corrected chi connectivity index (χ3v) is 5.68. The van der Waals surface area contributed by atoms with Gasteiger partial charge in [-0.2, -0.15) is 29.9 Å². The summed E-state index contributed by atoms with van der Waals surface area (Å²) in [7, 11) is 0. The van der Waals surface area contributed by atoms with Gasteiger partial charge in [0.1, 0.15) is 17.5 Å². The SMILES string of the molecule is C#CCNc1nc(N)nc(CCCCCN=C(N)c2ccc(C(N)=NCCCCNc3nc(N)nc(N)n3)cc2)n1. The van der Waals surface area contributed by atoms with Crippen molar-refractivity contribution < 1.29 is 0 Å². The quantitative estimate of drug-likeness (QED) is 0.0548. The smallest absolute Gasteiger partial charge is 0.229 e. The lowest BCUT2D eigenvalue weighted by molar-refractivity contribution is 0.668. The van der Waals surface area contributed by atoms with E-state index in [0.29, 0.717) is 62.0 Å². The molecule has 0 saturated heterocycles. The van der Waals surface area contributed by atoms with Gasteiger partial charge in [0.15, 0.2) is 0 Å². The largest absolute Gasteiger partial charge is 0.384 e. The molecule has 0 saturated carbocycles. The number of aromatic nitrogens is 6. The molecule has 41 heavy (non-hydrogen) atoms. The Morgan fingerprint density at radius 2 is 1.22 bits per heavy atom. The second kappa shape index (κ2) is 16.0. The summed E-state index contributed by atoms with van der Waals surface area (Å²) < 4.78 is 0. The Morgan fingerprint density at radius 3 is 1.80 bits per heavy atom. The van der Waals surface area contributed by atoms with Crippen LogP contribution in [0.2, 0.25) is 0 Å². The summed E-state index contributed by atoms with van der Waals surface area (Å²) >= 11 is 0. The molecule has 15 nitrogen and oxygen atoms in total. The van der Waals surface area contributed by atoms with Crippen LogP contribution in [0, 0.1) is 12.3 Å². The first kappa shape index (κ1) is 30.3. The Balaban J connectivity index is 1.34. The molecule has 3 rings (SSSR count). The van der Waals surface area contributed by atoms with Crippen molar-refractivity contribution in [1.82, 2.24) is 29.9 Å². The highest BCUT2D eigenvalue weighted by Gasteiger charge is 2.05. The van der Waals surface area contributed by atoms with Crippen LogP contribution in [0.1, 0.15) is 49.1 Å². The van der Waals surface area contributed by atoms with Gasteiger partial charge >= 0.3 is 0 Å². The molecule has 0 amide bonds. The first-order valence-electron chi connectivity index (χ1n) is 13.2. The number of terminal acetylenes is 1. The van der Waals surface area contributed by atoms with Crippen molar-refractivity contribution in [3.05, 3.63) is 41.2 Å². The van der Waals surface area contributed by atoms with E-state index in [-0.39, 0.29) is 17.8 Å². The van der Waals surface area contributed by atoms with E-state index in [0.717, 1.165) is 43.2 Å². The molecule has 0 aliphatic heterocycles. The van der Waals surface area contributed by atoms with E-state index in [1.807, 2.05) is 24.3 Å². The number of nitrogens with zero attached hydrogens (tertiary/aromatic N) is 8. The molecule has 0 spiro atoms. The Labute approximate surface area is 239 Å². The molecule has 12 N–H and O–H groups in total. The third kappa shape index (κ3) is 10.8. The van der Waals surface area contributed by atoms with Crippen molar-refractivity contribution >= 4 is 41.4 Å². The molecule has 0 unspecified atom stereocenters. The summed E-state index contributed by atoms with van der Waals surface area (Å²) in [5.74, 6) is 5.13. The molecule has 3 aromatic rings. The summed E-state index contributed by atoms with van der Waals surface area (Å²) in [6.07, 6.45) is 10.3. The molecule has 0 aliphatic rings. The first-order valence-corrected chi connectivity index (χ1v) is 13.2. The average Bonchev–Trinajstić information content (AvgIpc) is 2.94. The van der Waals surface area contributed by atoms with Crippen LogP contribution in [0.4, 0.5) is 29.7 Å². The summed E-state index contributed by atoms with van der Waals surface area (Å²) in [5, 5.41) is 5.97. The summed E-state index contributed by atoms with van der Waals surface area (Å²) in [6, 6.07) is 7.56. The lowest BCUT2D eigenvalue weighted by atomic mass is 10.1. The first-order chi connectivity index (χ1) is 19.8. The minimum atomic E-state index is 0.0803. The number of nitrogen functional groups attached to an aromatic ring is 3. The van der Waals surface area contributed by atoms with Gasteiger partial charge in [-0.25, -0.2) is 0 Å². The van der Waals surface area contributed by atoms with Gasteiger partial charge in [0.25, 0.3) is 0 Å². The van der Waals surface area contributed by atoms with Gasteiger partial charge in [0.05, 0.1) is 6.54 Å². The van der Waals surface area contributed by atoms with Gasteiger partial charge in [-0.3, -0.25) is 9.98 Å². The molecular formula is C26H37N15. The molecule has 0 bridgehead atoms. The molecule has 2 aromatic heterocycles. The number of anilines is 5. The molecule has 1 aromatic carbocycles. The van der Waals surface area contributed by atoms with Gasteiger partial charge in [-0.15, -0.1) is 6.42 Å². The van der Waals surface area contributed by atoms with Crippen LogP contribution in [-0.2, 0) is 6.42 Å². The number of nitrogens with two attached hydrogens (primary N) is 5. The van der Waals surface area contributed by atoms with E-state index >= 15 is 0 Å². The van der Waals surface area contributed by atoms with E-state index in [2.05, 4.69) is 56.4 Å². The monoisotopic (exact) mass is 559 g/mol. The average molecular weight is 560 g/mol. The predicted octanol–water partition coefficient (Wildman–Crippen LogP) is 0.564. The van der Waals surface area contributed by atoms with E-state index in [9.17, 15) is 0 Å². The summed E-state index contributed by atoms with van der Waals surface area (Å²) in [5.41, 5.74) is 30.9. The maximum Gasteiger partial charge on any atom is 0.229 e. The van der Waals surface area contributed by atoms with E-state index in [4.69, 9.17) is 35.1 Å². The molecular weight excluding hydrogens is 522 g/mol. The Bertz CT molecular complexity index is 1340. The van der Waals surface area contributed by atoms with Crippen molar-refractivity contribution in [2.75, 3.05) is 54.0 Å². The summed E-state index contributed by atoms with van der Waals surface area (Å²) in [4.78, 5) is 33.2. The molecule has 2 heterocycles. The van der Waals surface area contributed by atoms with Gasteiger partial charge in [-0.1, -0.05) is 36.6 Å². The Kier molecular flexibility index (Phi) is 11.8. The van der Waals surface area contributed by atoms with Crippen LogP contribution in [0.15, 0.2) is 34.3 Å². The number of benzene rings is 1. The lowest BCUT2D eigenvalue weighted by Gasteiger charge is -2.06. The highest BCUT2D eigenvalue weighted by atomic mass is 15.2. The van der Waals surface area contributed by atoms with E-state index in [1.165, 1.54) is 0 Å². The van der Waals surface area contributed by atoms with E-state index in [1.54, 1.807) is 0 Å². The highest BCUT2D eigenvalue weighted by Crippen LogP contribution is 2.09. The fourth-order valence-corrected chi connectivity index (χ4v) is 3.65. The van der Waals surface area contributed by atoms with Gasteiger partial charge in [0.2, 0.25) is 29.7 Å². The van der Waals surface area contributed by atoms with E-state index < -0.39 is 0 Å². The number of aliphatic imine (C=N–C) groups is 2. The van der Waals surface area contributed by atoms with Crippen LogP contribution in [0.5, 0.6) is 0 Å². The van der Waals surface area contributed by atoms with Crippen molar-refractivity contribution in [1.29, 1.82) is 0 Å². The van der Waals surface area contributed by atoms with Crippen molar-refractivity contribution in [3.8, 4) is 12.3 Å². The minimum absolute atomic E-state index is 0.0803. The number of aryl methyl sites for hydroxylation is 1. The Hall–Kier alpha value is -5.26. The van der Waals surface area contributed by atoms with Gasteiger partial charge in [-0.05, 0) is 25.7 Å². The topological polar surface area (TPSA) is 256 Å². The fourth-order valence-electron chi connectivity index (χ4n) is 3.65. The van der Waals surface area contributed by atoms with Crippen molar-refractivity contribution in [2.24, 2.45) is 21.5 Å². The zero-order chi connectivity index (χ0) is 29.5. The highest BCUT2D eigenvalue weighted by molar-refractivity contribution is 6.00. The molecule has 0 aliphatic carbocycles. The second-order valence-corrected chi connectivity index (χ2v) is 8.92. The van der Waals surface area contributed by atoms with Gasteiger partial charge < -0.3 is 39.3 Å². The number of rotatable bonds is 16. The minimum Gasteiger partial charge on any atom is -0.384 e. The normalized spacial score (nSPS) is 11.7. The van der Waals surface area contributed by atoms with Crippen LogP contribution in [-0.4, -0.2) is 67.8 Å². The van der Waals surface area contributed by atoms with Crippen LogP contribution in [0.25, 0.3) is 0 Å². The lowest BCUT2D eigenvalue weighted by Crippen LogP contribution is -2.17. The van der Waals surface area contributed by atoms with Crippen molar-refractivity contribution in [2.45, 2.75) is 38.5 Å². The predicted molar refractivity (Wildman–Crippen MR) is 163 cm³/mol. The number of unbranched alkanes of at least 4 members (excludes halogenated alkanes) is 3. The van der Waals surface area contributed by atoms with Gasteiger partial charge in [0, 0.05) is 37.2 Å². The molecule has 15 heteroatoms. The van der Waals surface area contributed by atoms with Crippen LogP contribution >= 0.6 is 0 Å². The van der Waals surface area contributed by atoms with Crippen LogP contribution < -0.4 is 39.3 Å². The van der Waals surface area contributed by atoms with Crippen LogP contribution in [0.3, 0.4) is 0 Å². The second-order valence-electron chi connectivity index (χ2n) is 8.92. The maximum atomic E-state index is 6.18. The standard InChI is InChI=1S/C26H37N15/c1-2-13-34-25-37-19(36-22(29)39-25)8-4-3-5-14-32-20(27)17-9-11-18(12-10-17)21(28)33-15-6-7-16-35-26-40-23(30)38-24(31)41-26/h1,9-12H,3-8,13-16H2,(H2,27,32)(H2,28,33)(H3,29,34,36,37,39)(H5,30,31,35,38,40,41). The number of hydrogen-bond acceptors (Lipinski definition) is 13. The summed E-state index contributed by atoms with van der Waals surface area (Å²) in [6.45, 7) is 2.18. The third-order valence-electron chi connectivity index (χ3n) is 5.68. The number of hydrogen-bond donors (Lipinski definition) is 7. The Morgan fingerprint density at radius 1 is 0.683 bits per heavy atom.